The lowest BCUT2D eigenvalue weighted by Crippen LogP contribution is -2.22. The van der Waals surface area contributed by atoms with E-state index in [0.29, 0.717) is 12.5 Å². The number of carbonyl (C=O) groups is 1. The van der Waals surface area contributed by atoms with Crippen LogP contribution < -0.4 is 11.1 Å². The van der Waals surface area contributed by atoms with Gasteiger partial charge >= 0.3 is 0 Å². The first-order valence-electron chi connectivity index (χ1n) is 6.12. The van der Waals surface area contributed by atoms with Crippen molar-refractivity contribution in [2.75, 3.05) is 6.54 Å². The van der Waals surface area contributed by atoms with Crippen molar-refractivity contribution in [1.29, 1.82) is 0 Å². The average molecular weight is 232 g/mol. The zero-order valence-corrected chi connectivity index (χ0v) is 10.7. The molecule has 17 heavy (non-hydrogen) atoms. The highest BCUT2D eigenvalue weighted by Crippen LogP contribution is 2.57. The van der Waals surface area contributed by atoms with Gasteiger partial charge < -0.3 is 11.1 Å². The second-order valence-electron chi connectivity index (χ2n) is 5.31. The molecule has 1 aliphatic carbocycles. The van der Waals surface area contributed by atoms with Gasteiger partial charge in [-0.3, -0.25) is 4.79 Å². The fraction of sp³-hybridized carbons (Fsp3) is 0.500. The van der Waals surface area contributed by atoms with E-state index < -0.39 is 0 Å². The van der Waals surface area contributed by atoms with Crippen molar-refractivity contribution in [2.24, 2.45) is 11.1 Å². The molecule has 0 aliphatic heterocycles. The Balaban J connectivity index is 2.22. The molecule has 1 aliphatic rings. The minimum atomic E-state index is -0.0126. The molecule has 0 spiro atoms. The summed E-state index contributed by atoms with van der Waals surface area (Å²) in [6.45, 7) is 6.90. The molecule has 2 atom stereocenters. The first-order valence-corrected chi connectivity index (χ1v) is 6.12. The van der Waals surface area contributed by atoms with Gasteiger partial charge in [-0.15, -0.1) is 0 Å². The second kappa shape index (κ2) is 4.15. The maximum Gasteiger partial charge on any atom is 0.251 e. The first kappa shape index (κ1) is 12.1. The summed E-state index contributed by atoms with van der Waals surface area (Å²) in [6.07, 6.45) is 0. The van der Waals surface area contributed by atoms with E-state index in [1.54, 1.807) is 0 Å². The Labute approximate surface area is 102 Å². The molecule has 92 valence electrons. The van der Waals surface area contributed by atoms with Gasteiger partial charge in [-0.1, -0.05) is 26.0 Å². The van der Waals surface area contributed by atoms with Crippen LogP contribution in [-0.2, 0) is 0 Å². The van der Waals surface area contributed by atoms with Gasteiger partial charge in [0.15, 0.2) is 0 Å². The molecule has 2 rings (SSSR count). The summed E-state index contributed by atoms with van der Waals surface area (Å²) in [5, 5.41) is 2.81. The highest BCUT2D eigenvalue weighted by atomic mass is 16.1. The summed E-state index contributed by atoms with van der Waals surface area (Å²) >= 11 is 0. The molecule has 3 N–H and O–H groups in total. The van der Waals surface area contributed by atoms with Crippen molar-refractivity contribution in [2.45, 2.75) is 32.7 Å². The van der Waals surface area contributed by atoms with Crippen molar-refractivity contribution in [3.63, 3.8) is 0 Å². The van der Waals surface area contributed by atoms with Crippen LogP contribution in [0.4, 0.5) is 0 Å². The molecule has 1 amide bonds. The normalized spacial score (nSPS) is 25.4. The van der Waals surface area contributed by atoms with Crippen LogP contribution in [0.1, 0.15) is 42.6 Å². The molecule has 0 unspecified atom stereocenters. The van der Waals surface area contributed by atoms with E-state index in [0.717, 1.165) is 5.56 Å². The van der Waals surface area contributed by atoms with Crippen LogP contribution in [0, 0.1) is 5.41 Å². The Morgan fingerprint density at radius 1 is 1.47 bits per heavy atom. The fourth-order valence-electron chi connectivity index (χ4n) is 2.45. The van der Waals surface area contributed by atoms with Crippen molar-refractivity contribution < 1.29 is 4.79 Å². The third-order valence-electron chi connectivity index (χ3n) is 3.76. The number of benzene rings is 1. The van der Waals surface area contributed by atoms with Crippen molar-refractivity contribution in [3.8, 4) is 0 Å². The number of carbonyl (C=O) groups excluding carboxylic acids is 1. The van der Waals surface area contributed by atoms with Gasteiger partial charge in [-0.05, 0) is 30.0 Å². The number of hydrogen-bond donors (Lipinski definition) is 2. The zero-order valence-electron chi connectivity index (χ0n) is 10.7. The van der Waals surface area contributed by atoms with E-state index >= 15 is 0 Å². The maximum atomic E-state index is 11.7. The standard InChI is InChI=1S/C14H20N2O/c1-4-16-13(17)10-7-5-6-9(8-10)11-12(15)14(11,2)3/h5-8,11-12H,4,15H2,1-3H3,(H,16,17)/t11-,12-/m0/s1. The number of hydrogen-bond acceptors (Lipinski definition) is 2. The van der Waals surface area contributed by atoms with E-state index in [1.807, 2.05) is 25.1 Å². The summed E-state index contributed by atoms with van der Waals surface area (Å²) in [5.74, 6) is 0.359. The van der Waals surface area contributed by atoms with Gasteiger partial charge in [0.25, 0.3) is 5.91 Å². The molecule has 1 saturated carbocycles. The van der Waals surface area contributed by atoms with Gasteiger partial charge in [-0.25, -0.2) is 0 Å². The number of rotatable bonds is 3. The fourth-order valence-corrected chi connectivity index (χ4v) is 2.45. The molecule has 3 heteroatoms. The van der Waals surface area contributed by atoms with Crippen molar-refractivity contribution in [1.82, 2.24) is 5.32 Å². The van der Waals surface area contributed by atoms with Gasteiger partial charge in [-0.2, -0.15) is 0 Å². The van der Waals surface area contributed by atoms with E-state index in [1.165, 1.54) is 5.56 Å². The van der Waals surface area contributed by atoms with Crippen LogP contribution in [0.3, 0.4) is 0 Å². The second-order valence-corrected chi connectivity index (χ2v) is 5.31. The van der Waals surface area contributed by atoms with Crippen LogP contribution in [-0.4, -0.2) is 18.5 Å². The van der Waals surface area contributed by atoms with Gasteiger partial charge in [0.05, 0.1) is 0 Å². The van der Waals surface area contributed by atoms with Crippen LogP contribution >= 0.6 is 0 Å². The minimum Gasteiger partial charge on any atom is -0.352 e. The summed E-state index contributed by atoms with van der Waals surface area (Å²) in [4.78, 5) is 11.7. The van der Waals surface area contributed by atoms with Crippen molar-refractivity contribution in [3.05, 3.63) is 35.4 Å². The predicted molar refractivity (Wildman–Crippen MR) is 68.9 cm³/mol. The summed E-state index contributed by atoms with van der Waals surface area (Å²) < 4.78 is 0. The Kier molecular flexibility index (Phi) is 2.96. The molecule has 0 bridgehead atoms. The summed E-state index contributed by atoms with van der Waals surface area (Å²) in [6, 6.07) is 8.00. The van der Waals surface area contributed by atoms with Crippen LogP contribution in [0.25, 0.3) is 0 Å². The van der Waals surface area contributed by atoms with E-state index in [-0.39, 0.29) is 17.4 Å². The predicted octanol–water partition coefficient (Wildman–Crippen LogP) is 1.89. The topological polar surface area (TPSA) is 55.1 Å². The van der Waals surface area contributed by atoms with Gasteiger partial charge in [0, 0.05) is 24.1 Å². The lowest BCUT2D eigenvalue weighted by atomic mass is 10.0. The number of amides is 1. The summed E-state index contributed by atoms with van der Waals surface area (Å²) in [5.41, 5.74) is 8.11. The van der Waals surface area contributed by atoms with Gasteiger partial charge in [0.2, 0.25) is 0 Å². The quantitative estimate of drug-likeness (QED) is 0.836. The average Bonchev–Trinajstić information content (AvgIpc) is 2.79. The van der Waals surface area contributed by atoms with Gasteiger partial charge in [0.1, 0.15) is 0 Å². The molecule has 1 aromatic rings. The third-order valence-corrected chi connectivity index (χ3v) is 3.76. The SMILES string of the molecule is CCNC(=O)c1cccc([C@H]2[C@H](N)C2(C)C)c1. The number of nitrogens with two attached hydrogens (primary N) is 1. The highest BCUT2D eigenvalue weighted by Gasteiger charge is 2.56. The van der Waals surface area contributed by atoms with E-state index in [2.05, 4.69) is 25.2 Å². The van der Waals surface area contributed by atoms with E-state index in [9.17, 15) is 4.79 Å². The Hall–Kier alpha value is -1.35. The monoisotopic (exact) mass is 232 g/mol. The lowest BCUT2D eigenvalue weighted by Gasteiger charge is -2.06. The van der Waals surface area contributed by atoms with E-state index in [4.69, 9.17) is 5.73 Å². The molecule has 0 radical (unpaired) electrons. The third kappa shape index (κ3) is 2.07. The molecule has 0 aromatic heterocycles. The smallest absolute Gasteiger partial charge is 0.251 e. The molecule has 0 saturated heterocycles. The molecular weight excluding hydrogens is 212 g/mol. The molecular formula is C14H20N2O. The Morgan fingerprint density at radius 3 is 2.65 bits per heavy atom. The molecule has 1 fully saturated rings. The zero-order chi connectivity index (χ0) is 12.6. The summed E-state index contributed by atoms with van der Waals surface area (Å²) in [7, 11) is 0. The largest absolute Gasteiger partial charge is 0.352 e. The highest BCUT2D eigenvalue weighted by molar-refractivity contribution is 5.94. The molecule has 0 heterocycles. The minimum absolute atomic E-state index is 0.0126. The first-order chi connectivity index (χ1) is 7.98. The van der Waals surface area contributed by atoms with Crippen LogP contribution in [0.15, 0.2) is 24.3 Å². The lowest BCUT2D eigenvalue weighted by molar-refractivity contribution is 0.0955. The Morgan fingerprint density at radius 2 is 2.12 bits per heavy atom. The maximum absolute atomic E-state index is 11.7. The molecule has 3 nitrogen and oxygen atoms in total. The van der Waals surface area contributed by atoms with Crippen LogP contribution in [0.5, 0.6) is 0 Å². The Bertz CT molecular complexity index is 440. The number of nitrogens with one attached hydrogen (secondary N) is 1. The molecule has 1 aromatic carbocycles. The van der Waals surface area contributed by atoms with Crippen molar-refractivity contribution >= 4 is 5.91 Å². The van der Waals surface area contributed by atoms with Crippen LogP contribution in [0.2, 0.25) is 0 Å².